The molecule has 1 heterocycles. The van der Waals surface area contributed by atoms with Crippen LogP contribution in [0.1, 0.15) is 36.0 Å². The van der Waals surface area contributed by atoms with Crippen molar-refractivity contribution < 1.29 is 22.8 Å². The maximum Gasteiger partial charge on any atom is 0.416 e. The fourth-order valence-corrected chi connectivity index (χ4v) is 3.80. The molecule has 2 amide bonds. The standard InChI is InChI=1S/C24H28F3N3O2/c25-24(26,27)20-8-4-7-19(15-20)17-30-13-10-21(11-14-30)29-22(31)9-12-28-23(32)16-18-5-2-1-3-6-18/h1-8,15,21H,9-14,16-17H2,(H,28,32)(H,29,31). The summed E-state index contributed by atoms with van der Waals surface area (Å²) in [6, 6.07) is 14.9. The van der Waals surface area contributed by atoms with E-state index in [2.05, 4.69) is 15.5 Å². The molecule has 0 aliphatic carbocycles. The van der Waals surface area contributed by atoms with Gasteiger partial charge in [0.25, 0.3) is 0 Å². The highest BCUT2D eigenvalue weighted by molar-refractivity contribution is 5.80. The zero-order chi connectivity index (χ0) is 23.0. The van der Waals surface area contributed by atoms with E-state index in [0.29, 0.717) is 25.2 Å². The predicted molar refractivity (Wildman–Crippen MR) is 116 cm³/mol. The van der Waals surface area contributed by atoms with E-state index in [-0.39, 0.29) is 37.2 Å². The van der Waals surface area contributed by atoms with Crippen molar-refractivity contribution in [3.8, 4) is 0 Å². The second-order valence-corrected chi connectivity index (χ2v) is 8.08. The van der Waals surface area contributed by atoms with E-state index in [1.807, 2.05) is 30.3 Å². The molecule has 0 aromatic heterocycles. The molecule has 0 spiro atoms. The summed E-state index contributed by atoms with van der Waals surface area (Å²) in [7, 11) is 0. The lowest BCUT2D eigenvalue weighted by molar-refractivity contribution is -0.137. The fraction of sp³-hybridized carbons (Fsp3) is 0.417. The average Bonchev–Trinajstić information content (AvgIpc) is 2.75. The molecule has 0 atom stereocenters. The summed E-state index contributed by atoms with van der Waals surface area (Å²) in [4.78, 5) is 26.2. The molecule has 2 N–H and O–H groups in total. The predicted octanol–water partition coefficient (Wildman–Crippen LogP) is 3.54. The number of carbonyl (C=O) groups excluding carboxylic acids is 2. The number of benzene rings is 2. The molecule has 0 unspecified atom stereocenters. The smallest absolute Gasteiger partial charge is 0.355 e. The van der Waals surface area contributed by atoms with E-state index in [4.69, 9.17) is 0 Å². The molecule has 0 radical (unpaired) electrons. The van der Waals surface area contributed by atoms with Crippen LogP contribution in [0.25, 0.3) is 0 Å². The Kier molecular flexibility index (Phi) is 8.27. The second kappa shape index (κ2) is 11.1. The van der Waals surface area contributed by atoms with Crippen molar-refractivity contribution in [3.63, 3.8) is 0 Å². The highest BCUT2D eigenvalue weighted by Gasteiger charge is 2.30. The molecular weight excluding hydrogens is 419 g/mol. The van der Waals surface area contributed by atoms with Crippen LogP contribution in [0, 0.1) is 0 Å². The molecule has 0 saturated carbocycles. The Labute approximate surface area is 186 Å². The van der Waals surface area contributed by atoms with Crippen LogP contribution in [-0.2, 0) is 28.7 Å². The Morgan fingerprint density at radius 1 is 0.938 bits per heavy atom. The molecule has 1 aliphatic rings. The van der Waals surface area contributed by atoms with Gasteiger partial charge in [-0.05, 0) is 30.0 Å². The van der Waals surface area contributed by atoms with Crippen molar-refractivity contribution in [1.29, 1.82) is 0 Å². The Morgan fingerprint density at radius 3 is 2.31 bits per heavy atom. The molecular formula is C24H28F3N3O2. The number of hydrogen-bond donors (Lipinski definition) is 2. The Hall–Kier alpha value is -2.87. The van der Waals surface area contributed by atoms with Crippen molar-refractivity contribution in [2.24, 2.45) is 0 Å². The Morgan fingerprint density at radius 2 is 1.62 bits per heavy atom. The van der Waals surface area contributed by atoms with Gasteiger partial charge in [0.15, 0.2) is 0 Å². The van der Waals surface area contributed by atoms with Gasteiger partial charge < -0.3 is 10.6 Å². The van der Waals surface area contributed by atoms with Crippen LogP contribution in [-0.4, -0.2) is 42.4 Å². The van der Waals surface area contributed by atoms with E-state index in [9.17, 15) is 22.8 Å². The van der Waals surface area contributed by atoms with Gasteiger partial charge in [0.2, 0.25) is 11.8 Å². The van der Waals surface area contributed by atoms with Gasteiger partial charge >= 0.3 is 6.18 Å². The summed E-state index contributed by atoms with van der Waals surface area (Å²) in [5.74, 6) is -0.228. The Balaban J connectivity index is 1.33. The van der Waals surface area contributed by atoms with Gasteiger partial charge in [0.05, 0.1) is 12.0 Å². The molecule has 172 valence electrons. The topological polar surface area (TPSA) is 61.4 Å². The van der Waals surface area contributed by atoms with Crippen molar-refractivity contribution in [2.75, 3.05) is 19.6 Å². The van der Waals surface area contributed by atoms with Crippen LogP contribution in [0.5, 0.6) is 0 Å². The second-order valence-electron chi connectivity index (χ2n) is 8.08. The first-order valence-electron chi connectivity index (χ1n) is 10.8. The first-order valence-corrected chi connectivity index (χ1v) is 10.8. The minimum Gasteiger partial charge on any atom is -0.355 e. The van der Waals surface area contributed by atoms with Crippen molar-refractivity contribution in [1.82, 2.24) is 15.5 Å². The third-order valence-corrected chi connectivity index (χ3v) is 5.49. The maximum absolute atomic E-state index is 12.9. The lowest BCUT2D eigenvalue weighted by Crippen LogP contribution is -2.45. The summed E-state index contributed by atoms with van der Waals surface area (Å²) >= 11 is 0. The molecule has 2 aromatic carbocycles. The van der Waals surface area contributed by atoms with Crippen molar-refractivity contribution in [2.45, 2.75) is 44.4 Å². The van der Waals surface area contributed by atoms with Gasteiger partial charge in [-0.2, -0.15) is 13.2 Å². The summed E-state index contributed by atoms with van der Waals surface area (Å²) in [5.41, 5.74) is 0.924. The number of amides is 2. The third-order valence-electron chi connectivity index (χ3n) is 5.49. The summed E-state index contributed by atoms with van der Waals surface area (Å²) in [6.45, 7) is 2.15. The number of likely N-dealkylation sites (tertiary alicyclic amines) is 1. The number of hydrogen-bond acceptors (Lipinski definition) is 3. The minimum atomic E-state index is -4.34. The van der Waals surface area contributed by atoms with Crippen LogP contribution in [0.15, 0.2) is 54.6 Å². The average molecular weight is 448 g/mol. The van der Waals surface area contributed by atoms with Crippen LogP contribution in [0.4, 0.5) is 13.2 Å². The third kappa shape index (κ3) is 7.67. The molecule has 0 bridgehead atoms. The first-order chi connectivity index (χ1) is 15.3. The van der Waals surface area contributed by atoms with E-state index in [1.165, 1.54) is 12.1 Å². The van der Waals surface area contributed by atoms with Gasteiger partial charge in [0.1, 0.15) is 0 Å². The van der Waals surface area contributed by atoms with E-state index < -0.39 is 11.7 Å². The number of piperidine rings is 1. The fourth-order valence-electron chi connectivity index (χ4n) is 3.80. The van der Waals surface area contributed by atoms with Gasteiger partial charge in [-0.25, -0.2) is 0 Å². The molecule has 1 fully saturated rings. The van der Waals surface area contributed by atoms with Gasteiger partial charge in [-0.1, -0.05) is 48.5 Å². The Bertz CT molecular complexity index is 895. The lowest BCUT2D eigenvalue weighted by atomic mass is 10.0. The summed E-state index contributed by atoms with van der Waals surface area (Å²) < 4.78 is 38.6. The molecule has 1 aliphatic heterocycles. The van der Waals surface area contributed by atoms with Gasteiger partial charge in [0, 0.05) is 38.6 Å². The number of alkyl halides is 3. The molecule has 32 heavy (non-hydrogen) atoms. The molecule has 3 rings (SSSR count). The molecule has 5 nitrogen and oxygen atoms in total. The van der Waals surface area contributed by atoms with E-state index in [1.54, 1.807) is 6.07 Å². The molecule has 2 aromatic rings. The minimum absolute atomic E-state index is 0.0419. The zero-order valence-electron chi connectivity index (χ0n) is 17.8. The quantitative estimate of drug-likeness (QED) is 0.651. The number of nitrogens with zero attached hydrogens (tertiary/aromatic N) is 1. The van der Waals surface area contributed by atoms with Crippen LogP contribution < -0.4 is 10.6 Å². The zero-order valence-corrected chi connectivity index (χ0v) is 17.8. The number of carbonyl (C=O) groups is 2. The first kappa shape index (κ1) is 23.8. The van der Waals surface area contributed by atoms with E-state index in [0.717, 1.165) is 24.5 Å². The van der Waals surface area contributed by atoms with Crippen LogP contribution in [0.3, 0.4) is 0 Å². The van der Waals surface area contributed by atoms with Crippen molar-refractivity contribution >= 4 is 11.8 Å². The maximum atomic E-state index is 12.9. The van der Waals surface area contributed by atoms with Crippen LogP contribution in [0.2, 0.25) is 0 Å². The normalized spacial score (nSPS) is 15.3. The number of rotatable bonds is 8. The van der Waals surface area contributed by atoms with Gasteiger partial charge in [-0.3, -0.25) is 14.5 Å². The SMILES string of the molecule is O=C(Cc1ccccc1)NCCC(=O)NC1CCN(Cc2cccc(C(F)(F)F)c2)CC1. The lowest BCUT2D eigenvalue weighted by Gasteiger charge is -2.32. The largest absolute Gasteiger partial charge is 0.416 e. The van der Waals surface area contributed by atoms with Crippen LogP contribution >= 0.6 is 0 Å². The summed E-state index contributed by atoms with van der Waals surface area (Å²) in [6.07, 6.45) is -2.36. The molecule has 1 saturated heterocycles. The van der Waals surface area contributed by atoms with Gasteiger partial charge in [-0.15, -0.1) is 0 Å². The number of nitrogens with one attached hydrogen (secondary N) is 2. The highest BCUT2D eigenvalue weighted by Crippen LogP contribution is 2.30. The monoisotopic (exact) mass is 447 g/mol. The molecule has 8 heteroatoms. The van der Waals surface area contributed by atoms with Crippen molar-refractivity contribution in [3.05, 3.63) is 71.3 Å². The highest BCUT2D eigenvalue weighted by atomic mass is 19.4. The van der Waals surface area contributed by atoms with E-state index >= 15 is 0 Å². The summed E-state index contributed by atoms with van der Waals surface area (Å²) in [5, 5.41) is 5.75. The number of halogens is 3.